The van der Waals surface area contributed by atoms with Crippen molar-refractivity contribution in [3.05, 3.63) is 89.8 Å². The molecule has 0 radical (unpaired) electrons. The van der Waals surface area contributed by atoms with E-state index in [1.165, 1.54) is 17.8 Å². The van der Waals surface area contributed by atoms with E-state index in [4.69, 9.17) is 0 Å². The highest BCUT2D eigenvalue weighted by molar-refractivity contribution is 7.98. The van der Waals surface area contributed by atoms with Gasteiger partial charge in [0.05, 0.1) is 5.56 Å². The van der Waals surface area contributed by atoms with E-state index in [2.05, 4.69) is 10.3 Å². The topological polar surface area (TPSA) is 42.0 Å². The molecule has 3 aromatic rings. The number of hydrogen-bond donors (Lipinski definition) is 1. The van der Waals surface area contributed by atoms with Crippen LogP contribution in [0.2, 0.25) is 0 Å². The number of carbonyl (C=O) groups is 1. The Morgan fingerprint density at radius 1 is 1.00 bits per heavy atom. The summed E-state index contributed by atoms with van der Waals surface area (Å²) >= 11 is 1.52. The van der Waals surface area contributed by atoms with Crippen LogP contribution in [0.15, 0.2) is 71.9 Å². The van der Waals surface area contributed by atoms with Crippen LogP contribution in [-0.2, 0) is 5.75 Å². The summed E-state index contributed by atoms with van der Waals surface area (Å²) in [6.45, 7) is 0. The van der Waals surface area contributed by atoms with Gasteiger partial charge in [0.1, 0.15) is 0 Å². The van der Waals surface area contributed by atoms with Gasteiger partial charge in [-0.2, -0.15) is 0 Å². The smallest absolute Gasteiger partial charge is 0.256 e. The molecule has 0 atom stereocenters. The first-order valence-corrected chi connectivity index (χ1v) is 8.49. The molecule has 0 spiro atoms. The fourth-order valence-electron chi connectivity index (χ4n) is 2.19. The highest BCUT2D eigenvalue weighted by Gasteiger charge is 2.13. The predicted molar refractivity (Wildman–Crippen MR) is 94.6 cm³/mol. The van der Waals surface area contributed by atoms with Gasteiger partial charge in [0.15, 0.2) is 11.6 Å². The summed E-state index contributed by atoms with van der Waals surface area (Å²) in [7, 11) is 0. The lowest BCUT2D eigenvalue weighted by atomic mass is 10.2. The lowest BCUT2D eigenvalue weighted by Gasteiger charge is -2.10. The largest absolute Gasteiger partial charge is 0.322 e. The third-order valence-corrected chi connectivity index (χ3v) is 4.60. The standard InChI is InChI=1S/C19H14F2N2OS/c20-16-6-5-14(11-17(16)21)23-19(24)15-3-1-2-4-18(15)25-12-13-7-9-22-10-8-13/h1-11H,12H2,(H,23,24). The summed E-state index contributed by atoms with van der Waals surface area (Å²) in [6.07, 6.45) is 3.44. The third-order valence-electron chi connectivity index (χ3n) is 3.45. The maximum absolute atomic E-state index is 13.3. The van der Waals surface area contributed by atoms with Crippen molar-refractivity contribution in [2.45, 2.75) is 10.6 Å². The minimum absolute atomic E-state index is 0.206. The highest BCUT2D eigenvalue weighted by Crippen LogP contribution is 2.27. The van der Waals surface area contributed by atoms with E-state index in [-0.39, 0.29) is 11.6 Å². The molecule has 0 aliphatic heterocycles. The number of anilines is 1. The molecule has 0 unspecified atom stereocenters. The van der Waals surface area contributed by atoms with Gasteiger partial charge in [0.25, 0.3) is 5.91 Å². The van der Waals surface area contributed by atoms with E-state index in [1.807, 2.05) is 24.3 Å². The average Bonchev–Trinajstić information content (AvgIpc) is 2.64. The molecule has 3 nitrogen and oxygen atoms in total. The number of nitrogens with one attached hydrogen (secondary N) is 1. The molecule has 0 aliphatic rings. The molecule has 126 valence electrons. The number of carbonyl (C=O) groups excluding carboxylic acids is 1. The molecule has 1 amide bonds. The molecule has 0 saturated heterocycles. The summed E-state index contributed by atoms with van der Waals surface area (Å²) in [5.74, 6) is -1.63. The molecule has 0 aliphatic carbocycles. The molecule has 25 heavy (non-hydrogen) atoms. The SMILES string of the molecule is O=C(Nc1ccc(F)c(F)c1)c1ccccc1SCc1ccncc1. The quantitative estimate of drug-likeness (QED) is 0.661. The van der Waals surface area contributed by atoms with Crippen LogP contribution >= 0.6 is 11.8 Å². The van der Waals surface area contributed by atoms with Gasteiger partial charge in [0.2, 0.25) is 0 Å². The van der Waals surface area contributed by atoms with E-state index in [1.54, 1.807) is 24.5 Å². The van der Waals surface area contributed by atoms with E-state index in [0.717, 1.165) is 22.6 Å². The normalized spacial score (nSPS) is 10.5. The molecule has 0 saturated carbocycles. The van der Waals surface area contributed by atoms with E-state index >= 15 is 0 Å². The minimum Gasteiger partial charge on any atom is -0.322 e. The minimum atomic E-state index is -1.00. The van der Waals surface area contributed by atoms with Crippen LogP contribution in [0.4, 0.5) is 14.5 Å². The van der Waals surface area contributed by atoms with Crippen LogP contribution in [0.25, 0.3) is 0 Å². The molecular formula is C19H14F2N2OS. The molecule has 0 bridgehead atoms. The van der Waals surface area contributed by atoms with Gasteiger partial charge >= 0.3 is 0 Å². The lowest BCUT2D eigenvalue weighted by Crippen LogP contribution is -2.13. The van der Waals surface area contributed by atoms with Crippen molar-refractivity contribution >= 4 is 23.4 Å². The number of benzene rings is 2. The number of halogens is 2. The van der Waals surface area contributed by atoms with Crippen molar-refractivity contribution in [1.82, 2.24) is 4.98 Å². The fraction of sp³-hybridized carbons (Fsp3) is 0.0526. The Morgan fingerprint density at radius 3 is 2.52 bits per heavy atom. The predicted octanol–water partition coefficient (Wildman–Crippen LogP) is 4.90. The van der Waals surface area contributed by atoms with Gasteiger partial charge in [-0.3, -0.25) is 9.78 Å². The van der Waals surface area contributed by atoms with Gasteiger partial charge in [0, 0.05) is 34.8 Å². The monoisotopic (exact) mass is 356 g/mol. The summed E-state index contributed by atoms with van der Waals surface area (Å²) in [5.41, 5.74) is 1.78. The molecule has 1 heterocycles. The van der Waals surface area contributed by atoms with Crippen molar-refractivity contribution in [1.29, 1.82) is 0 Å². The van der Waals surface area contributed by atoms with Crippen molar-refractivity contribution in [3.8, 4) is 0 Å². The van der Waals surface area contributed by atoms with Gasteiger partial charge < -0.3 is 5.32 Å². The zero-order valence-electron chi connectivity index (χ0n) is 13.1. The Labute approximate surface area is 148 Å². The fourth-order valence-corrected chi connectivity index (χ4v) is 3.20. The van der Waals surface area contributed by atoms with E-state index < -0.39 is 11.6 Å². The van der Waals surface area contributed by atoms with Crippen LogP contribution in [0, 0.1) is 11.6 Å². The average molecular weight is 356 g/mol. The summed E-state index contributed by atoms with van der Waals surface area (Å²) in [4.78, 5) is 17.3. The van der Waals surface area contributed by atoms with Crippen LogP contribution in [0.1, 0.15) is 15.9 Å². The second-order valence-corrected chi connectivity index (χ2v) is 6.24. The first-order chi connectivity index (χ1) is 12.1. The molecule has 1 N–H and O–H groups in total. The maximum Gasteiger partial charge on any atom is 0.256 e. The lowest BCUT2D eigenvalue weighted by molar-refractivity contribution is 0.102. The first-order valence-electron chi connectivity index (χ1n) is 7.50. The van der Waals surface area contributed by atoms with Crippen LogP contribution < -0.4 is 5.32 Å². The number of rotatable bonds is 5. The van der Waals surface area contributed by atoms with Crippen molar-refractivity contribution < 1.29 is 13.6 Å². The summed E-state index contributed by atoms with van der Waals surface area (Å²) in [6, 6.07) is 14.3. The number of amides is 1. The van der Waals surface area contributed by atoms with Gasteiger partial charge in [-0.1, -0.05) is 12.1 Å². The molecule has 0 fully saturated rings. The zero-order chi connectivity index (χ0) is 17.6. The Bertz CT molecular complexity index is 888. The Morgan fingerprint density at radius 2 is 1.76 bits per heavy atom. The molecule has 2 aromatic carbocycles. The van der Waals surface area contributed by atoms with Crippen LogP contribution in [-0.4, -0.2) is 10.9 Å². The molecular weight excluding hydrogens is 342 g/mol. The Balaban J connectivity index is 1.75. The van der Waals surface area contributed by atoms with Crippen LogP contribution in [0.3, 0.4) is 0 Å². The Kier molecular flexibility index (Phi) is 5.40. The van der Waals surface area contributed by atoms with Crippen molar-refractivity contribution in [2.75, 3.05) is 5.32 Å². The van der Waals surface area contributed by atoms with E-state index in [9.17, 15) is 13.6 Å². The van der Waals surface area contributed by atoms with E-state index in [0.29, 0.717) is 11.3 Å². The molecule has 6 heteroatoms. The zero-order valence-corrected chi connectivity index (χ0v) is 13.9. The van der Waals surface area contributed by atoms with Crippen LogP contribution in [0.5, 0.6) is 0 Å². The van der Waals surface area contributed by atoms with Gasteiger partial charge in [-0.25, -0.2) is 8.78 Å². The van der Waals surface area contributed by atoms with Crippen molar-refractivity contribution in [2.24, 2.45) is 0 Å². The molecule has 1 aromatic heterocycles. The number of aromatic nitrogens is 1. The number of nitrogens with zero attached hydrogens (tertiary/aromatic N) is 1. The number of pyridine rings is 1. The summed E-state index contributed by atoms with van der Waals surface area (Å²) < 4.78 is 26.3. The molecule has 3 rings (SSSR count). The van der Waals surface area contributed by atoms with Gasteiger partial charge in [-0.15, -0.1) is 11.8 Å². The third kappa shape index (κ3) is 4.42. The second kappa shape index (κ2) is 7.90. The van der Waals surface area contributed by atoms with Gasteiger partial charge in [-0.05, 0) is 42.0 Å². The number of hydrogen-bond acceptors (Lipinski definition) is 3. The summed E-state index contributed by atoms with van der Waals surface area (Å²) in [5, 5.41) is 2.60. The second-order valence-electron chi connectivity index (χ2n) is 5.22. The number of thioether (sulfide) groups is 1. The highest BCUT2D eigenvalue weighted by atomic mass is 32.2. The van der Waals surface area contributed by atoms with Crippen molar-refractivity contribution in [3.63, 3.8) is 0 Å². The first kappa shape index (κ1) is 17.1. The maximum atomic E-state index is 13.3. The Hall–Kier alpha value is -2.73.